The Balaban J connectivity index is 1.36. The van der Waals surface area contributed by atoms with Gasteiger partial charge in [-0.05, 0) is 38.6 Å². The summed E-state index contributed by atoms with van der Waals surface area (Å²) in [7, 11) is 3.95. The van der Waals surface area contributed by atoms with Crippen LogP contribution in [-0.4, -0.2) is 57.2 Å². The molecule has 30 heavy (non-hydrogen) atoms. The van der Waals surface area contributed by atoms with Crippen LogP contribution in [0.1, 0.15) is 23.6 Å². The summed E-state index contributed by atoms with van der Waals surface area (Å²) >= 11 is 0. The molecule has 5 rings (SSSR count). The van der Waals surface area contributed by atoms with Gasteiger partial charge in [0.15, 0.2) is 0 Å². The molecule has 0 saturated carbocycles. The molecule has 4 heterocycles. The summed E-state index contributed by atoms with van der Waals surface area (Å²) in [4.78, 5) is 30.1. The van der Waals surface area contributed by atoms with Crippen LogP contribution in [0.5, 0.6) is 0 Å². The number of carbonyl (C=O) groups is 1. The Kier molecular flexibility index (Phi) is 4.70. The lowest BCUT2D eigenvalue weighted by Gasteiger charge is -2.43. The lowest BCUT2D eigenvalue weighted by molar-refractivity contribution is -0.134. The van der Waals surface area contributed by atoms with Gasteiger partial charge in [-0.15, -0.1) is 0 Å². The number of benzene rings is 1. The minimum atomic E-state index is 0.0959. The third kappa shape index (κ3) is 3.33. The minimum absolute atomic E-state index is 0.0959. The third-order valence-electron chi connectivity index (χ3n) is 6.36. The summed E-state index contributed by atoms with van der Waals surface area (Å²) in [5.41, 5.74) is 3.01. The fraction of sp³-hybridized carbons (Fsp3) is 0.435. The highest BCUT2D eigenvalue weighted by atomic mass is 16.2. The van der Waals surface area contributed by atoms with E-state index in [1.807, 2.05) is 65.0 Å². The van der Waals surface area contributed by atoms with Gasteiger partial charge < -0.3 is 14.4 Å². The van der Waals surface area contributed by atoms with Gasteiger partial charge in [-0.1, -0.05) is 24.3 Å². The maximum atomic E-state index is 13.1. The van der Waals surface area contributed by atoms with Gasteiger partial charge in [0.2, 0.25) is 5.91 Å². The van der Waals surface area contributed by atoms with Crippen LogP contribution in [-0.2, 0) is 24.4 Å². The first-order chi connectivity index (χ1) is 14.5. The number of aromatic nitrogens is 3. The van der Waals surface area contributed by atoms with Crippen molar-refractivity contribution in [2.24, 2.45) is 5.92 Å². The molecule has 0 aliphatic carbocycles. The Morgan fingerprint density at radius 2 is 1.97 bits per heavy atom. The summed E-state index contributed by atoms with van der Waals surface area (Å²) in [5, 5.41) is 5.45. The van der Waals surface area contributed by atoms with E-state index in [0.29, 0.717) is 32.1 Å². The zero-order valence-corrected chi connectivity index (χ0v) is 17.5. The smallest absolute Gasteiger partial charge is 0.255 e. The predicted molar refractivity (Wildman–Crippen MR) is 115 cm³/mol. The monoisotopic (exact) mass is 405 g/mol. The van der Waals surface area contributed by atoms with E-state index >= 15 is 0 Å². The number of amides is 1. The van der Waals surface area contributed by atoms with Crippen molar-refractivity contribution < 1.29 is 4.79 Å². The van der Waals surface area contributed by atoms with Gasteiger partial charge in [0.25, 0.3) is 5.56 Å². The van der Waals surface area contributed by atoms with Gasteiger partial charge >= 0.3 is 0 Å². The third-order valence-corrected chi connectivity index (χ3v) is 6.36. The highest BCUT2D eigenvalue weighted by Gasteiger charge is 2.36. The topological polar surface area (TPSA) is 63.4 Å². The lowest BCUT2D eigenvalue weighted by Crippen LogP contribution is -2.50. The van der Waals surface area contributed by atoms with Gasteiger partial charge in [0, 0.05) is 48.7 Å². The molecule has 0 N–H and O–H groups in total. The summed E-state index contributed by atoms with van der Waals surface area (Å²) < 4.78 is 3.74. The molecule has 1 aromatic carbocycles. The second-order valence-electron chi connectivity index (χ2n) is 8.90. The van der Waals surface area contributed by atoms with Crippen LogP contribution in [0, 0.1) is 5.92 Å². The number of likely N-dealkylation sites (tertiary alicyclic amines) is 1. The molecule has 2 aliphatic rings. The standard InChI is InChI=1S/C23H27N5O2/c1-25(2)13-18-7-8-20-19-9-16(12-27(20)23(18)30)11-26(14-19)22(29)15-28-21-6-4-3-5-17(21)10-24-28/h3-8,10,16,19H,9,11-15H2,1-2H3/t16-,19+/m0/s1. The molecule has 7 heteroatoms. The number of nitrogens with zero attached hydrogens (tertiary/aromatic N) is 5. The van der Waals surface area contributed by atoms with Crippen LogP contribution in [0.3, 0.4) is 0 Å². The Labute approximate surface area is 175 Å². The number of piperidine rings is 1. The zero-order valence-electron chi connectivity index (χ0n) is 17.5. The van der Waals surface area contributed by atoms with E-state index in [1.54, 1.807) is 4.68 Å². The van der Waals surface area contributed by atoms with E-state index < -0.39 is 0 Å². The van der Waals surface area contributed by atoms with Gasteiger partial charge in [-0.3, -0.25) is 14.3 Å². The zero-order chi connectivity index (χ0) is 20.8. The van der Waals surface area contributed by atoms with Crippen molar-refractivity contribution in [3.63, 3.8) is 0 Å². The Morgan fingerprint density at radius 1 is 1.13 bits per heavy atom. The molecule has 1 saturated heterocycles. The SMILES string of the molecule is CN(C)Cc1ccc2n(c1=O)C[C@H]1C[C@@H]2CN(C(=O)Cn2ncc3ccccc32)C1. The Morgan fingerprint density at radius 3 is 2.80 bits per heavy atom. The second-order valence-corrected chi connectivity index (χ2v) is 8.90. The maximum absolute atomic E-state index is 13.1. The molecule has 7 nitrogen and oxygen atoms in total. The van der Waals surface area contributed by atoms with Crippen molar-refractivity contribution in [2.75, 3.05) is 27.2 Å². The number of carbonyl (C=O) groups excluding carboxylic acids is 1. The Bertz CT molecular complexity index is 1160. The van der Waals surface area contributed by atoms with Gasteiger partial charge in [0.05, 0.1) is 11.7 Å². The number of rotatable bonds is 4. The van der Waals surface area contributed by atoms with E-state index in [1.165, 1.54) is 0 Å². The normalized spacial score (nSPS) is 20.6. The van der Waals surface area contributed by atoms with E-state index in [-0.39, 0.29) is 23.9 Å². The van der Waals surface area contributed by atoms with Crippen LogP contribution in [0.4, 0.5) is 0 Å². The lowest BCUT2D eigenvalue weighted by atomic mass is 9.83. The number of hydrogen-bond donors (Lipinski definition) is 0. The molecule has 0 spiro atoms. The fourth-order valence-electron chi connectivity index (χ4n) is 5.04. The highest BCUT2D eigenvalue weighted by Crippen LogP contribution is 2.35. The molecule has 1 fully saturated rings. The maximum Gasteiger partial charge on any atom is 0.255 e. The molecule has 2 atom stereocenters. The molecular formula is C23H27N5O2. The Hall–Kier alpha value is -2.93. The second kappa shape index (κ2) is 7.40. The van der Waals surface area contributed by atoms with Crippen LogP contribution >= 0.6 is 0 Å². The van der Waals surface area contributed by atoms with Crippen molar-refractivity contribution in [3.05, 3.63) is 64.2 Å². The summed E-state index contributed by atoms with van der Waals surface area (Å²) in [6.45, 7) is 2.97. The molecule has 2 bridgehead atoms. The van der Waals surface area contributed by atoms with Crippen LogP contribution < -0.4 is 5.56 Å². The number of para-hydroxylation sites is 1. The van der Waals surface area contributed by atoms with Crippen LogP contribution in [0.15, 0.2) is 47.4 Å². The van der Waals surface area contributed by atoms with Crippen LogP contribution in [0.25, 0.3) is 10.9 Å². The number of fused-ring (bicyclic) bond motifs is 5. The average molecular weight is 406 g/mol. The fourth-order valence-corrected chi connectivity index (χ4v) is 5.04. The quantitative estimate of drug-likeness (QED) is 0.665. The molecule has 0 radical (unpaired) electrons. The van der Waals surface area contributed by atoms with E-state index in [2.05, 4.69) is 11.2 Å². The molecular weight excluding hydrogens is 378 g/mol. The van der Waals surface area contributed by atoms with Gasteiger partial charge in [-0.2, -0.15) is 5.10 Å². The molecule has 156 valence electrons. The van der Waals surface area contributed by atoms with Gasteiger partial charge in [0.1, 0.15) is 6.54 Å². The summed E-state index contributed by atoms with van der Waals surface area (Å²) in [6.07, 6.45) is 2.85. The molecule has 2 aliphatic heterocycles. The van der Waals surface area contributed by atoms with Gasteiger partial charge in [-0.25, -0.2) is 0 Å². The van der Waals surface area contributed by atoms with Crippen molar-refractivity contribution in [1.29, 1.82) is 0 Å². The summed E-state index contributed by atoms with van der Waals surface area (Å²) in [6, 6.07) is 12.0. The van der Waals surface area contributed by atoms with E-state index in [0.717, 1.165) is 28.6 Å². The van der Waals surface area contributed by atoms with Crippen molar-refractivity contribution in [2.45, 2.75) is 32.0 Å². The largest absolute Gasteiger partial charge is 0.340 e. The van der Waals surface area contributed by atoms with Crippen molar-refractivity contribution in [3.8, 4) is 0 Å². The molecule has 3 aromatic rings. The number of pyridine rings is 1. The highest BCUT2D eigenvalue weighted by molar-refractivity contribution is 5.82. The van der Waals surface area contributed by atoms with Crippen molar-refractivity contribution >= 4 is 16.8 Å². The van der Waals surface area contributed by atoms with Crippen LogP contribution in [0.2, 0.25) is 0 Å². The molecule has 1 amide bonds. The average Bonchev–Trinajstić information content (AvgIpc) is 3.13. The molecule has 0 unspecified atom stereocenters. The number of hydrogen-bond acceptors (Lipinski definition) is 4. The first-order valence-corrected chi connectivity index (χ1v) is 10.6. The van der Waals surface area contributed by atoms with E-state index in [4.69, 9.17) is 0 Å². The first-order valence-electron chi connectivity index (χ1n) is 10.6. The summed E-state index contributed by atoms with van der Waals surface area (Å²) in [5.74, 6) is 0.636. The van der Waals surface area contributed by atoms with Crippen molar-refractivity contribution in [1.82, 2.24) is 24.1 Å². The first kappa shape index (κ1) is 19.1. The minimum Gasteiger partial charge on any atom is -0.340 e. The molecule has 2 aromatic heterocycles. The van der Waals surface area contributed by atoms with E-state index in [9.17, 15) is 9.59 Å². The predicted octanol–water partition coefficient (Wildman–Crippen LogP) is 1.91.